The molecule has 1 amide bonds. The van der Waals surface area contributed by atoms with Gasteiger partial charge in [0, 0.05) is 38.3 Å². The van der Waals surface area contributed by atoms with Crippen LogP contribution in [-0.4, -0.2) is 84.7 Å². The van der Waals surface area contributed by atoms with Crippen molar-refractivity contribution < 1.29 is 28.2 Å². The number of hydrogen-bond acceptors (Lipinski definition) is 6. The quantitative estimate of drug-likeness (QED) is 0.594. The van der Waals surface area contributed by atoms with Gasteiger partial charge in [-0.15, -0.1) is 0 Å². The lowest BCUT2D eigenvalue weighted by Crippen LogP contribution is -2.56. The van der Waals surface area contributed by atoms with Crippen LogP contribution in [0.15, 0.2) is 24.3 Å². The van der Waals surface area contributed by atoms with Crippen LogP contribution < -0.4 is 5.32 Å². The first kappa shape index (κ1) is 19.2. The van der Waals surface area contributed by atoms with Gasteiger partial charge in [-0.2, -0.15) is 4.31 Å². The molecule has 1 unspecified atom stereocenters. The van der Waals surface area contributed by atoms with Crippen molar-refractivity contribution in [3.05, 3.63) is 29.8 Å². The zero-order valence-electron chi connectivity index (χ0n) is 13.8. The van der Waals surface area contributed by atoms with Crippen molar-refractivity contribution in [2.45, 2.75) is 6.04 Å². The van der Waals surface area contributed by atoms with Crippen molar-refractivity contribution in [3.8, 4) is 5.75 Å². The Bertz CT molecular complexity index is 726. The summed E-state index contributed by atoms with van der Waals surface area (Å²) in [5.41, 5.74) is 0.309. The van der Waals surface area contributed by atoms with Crippen LogP contribution >= 0.6 is 0 Å². The number of nitrogens with zero attached hydrogens (tertiary/aromatic N) is 2. The number of sulfonamides is 1. The Kier molecular flexibility index (Phi) is 5.98. The van der Waals surface area contributed by atoms with E-state index in [9.17, 15) is 28.2 Å². The van der Waals surface area contributed by atoms with Crippen molar-refractivity contribution in [2.24, 2.45) is 0 Å². The molecule has 1 aliphatic rings. The zero-order valence-corrected chi connectivity index (χ0v) is 14.6. The molecule has 0 aromatic heterocycles. The minimum Gasteiger partial charge on any atom is -0.508 e. The van der Waals surface area contributed by atoms with Crippen molar-refractivity contribution in [2.75, 3.05) is 39.0 Å². The molecule has 0 spiro atoms. The van der Waals surface area contributed by atoms with Gasteiger partial charge < -0.3 is 15.5 Å². The second-order valence-electron chi connectivity index (χ2n) is 5.81. The largest absolute Gasteiger partial charge is 0.508 e. The Labute approximate surface area is 145 Å². The smallest absolute Gasteiger partial charge is 0.322 e. The van der Waals surface area contributed by atoms with Crippen LogP contribution in [0.2, 0.25) is 0 Å². The lowest BCUT2D eigenvalue weighted by atomic mass is 10.2. The van der Waals surface area contributed by atoms with E-state index in [0.717, 1.165) is 6.26 Å². The van der Waals surface area contributed by atoms with Gasteiger partial charge >= 0.3 is 5.97 Å². The molecule has 0 saturated carbocycles. The molecule has 138 valence electrons. The standard InChI is InChI=1S/C15H21N3O6S/c1-25(23,24)18-8-6-17(7-9-18)13(15(21)22)10-16-14(20)11-2-4-12(19)5-3-11/h2-5,13,19H,6-10H2,1H3,(H,16,20)(H,21,22). The maximum absolute atomic E-state index is 12.1. The highest BCUT2D eigenvalue weighted by atomic mass is 32.2. The minimum absolute atomic E-state index is 0.0312. The summed E-state index contributed by atoms with van der Waals surface area (Å²) in [5.74, 6) is -1.50. The topological polar surface area (TPSA) is 127 Å². The summed E-state index contributed by atoms with van der Waals surface area (Å²) in [6.45, 7) is 0.884. The Morgan fingerprint density at radius 1 is 1.16 bits per heavy atom. The van der Waals surface area contributed by atoms with E-state index >= 15 is 0 Å². The highest BCUT2D eigenvalue weighted by molar-refractivity contribution is 7.88. The Balaban J connectivity index is 1.94. The van der Waals surface area contributed by atoms with E-state index in [4.69, 9.17) is 0 Å². The van der Waals surface area contributed by atoms with Gasteiger partial charge in [-0.3, -0.25) is 14.5 Å². The molecule has 1 heterocycles. The fourth-order valence-corrected chi connectivity index (χ4v) is 3.45. The average Bonchev–Trinajstić information content (AvgIpc) is 2.55. The zero-order chi connectivity index (χ0) is 18.6. The van der Waals surface area contributed by atoms with E-state index in [1.54, 1.807) is 4.90 Å². The fraction of sp³-hybridized carbons (Fsp3) is 0.467. The van der Waals surface area contributed by atoms with E-state index < -0.39 is 27.9 Å². The predicted molar refractivity (Wildman–Crippen MR) is 89.9 cm³/mol. The van der Waals surface area contributed by atoms with E-state index in [1.165, 1.54) is 28.6 Å². The third kappa shape index (κ3) is 5.15. The Morgan fingerprint density at radius 3 is 2.20 bits per heavy atom. The highest BCUT2D eigenvalue weighted by Gasteiger charge is 2.31. The van der Waals surface area contributed by atoms with Crippen LogP contribution in [0, 0.1) is 0 Å². The first-order valence-corrected chi connectivity index (χ1v) is 9.52. The number of rotatable bonds is 6. The van der Waals surface area contributed by atoms with Gasteiger partial charge in [0.1, 0.15) is 11.8 Å². The van der Waals surface area contributed by atoms with Crippen molar-refractivity contribution in [3.63, 3.8) is 0 Å². The number of carbonyl (C=O) groups excluding carboxylic acids is 1. The van der Waals surface area contributed by atoms with Gasteiger partial charge in [0.2, 0.25) is 10.0 Å². The number of amides is 1. The molecule has 0 bridgehead atoms. The van der Waals surface area contributed by atoms with Crippen molar-refractivity contribution in [1.82, 2.24) is 14.5 Å². The normalized spacial score (nSPS) is 17.8. The van der Waals surface area contributed by atoms with Crippen molar-refractivity contribution in [1.29, 1.82) is 0 Å². The number of benzene rings is 1. The first-order chi connectivity index (χ1) is 11.7. The van der Waals surface area contributed by atoms with Crippen LogP contribution in [0.5, 0.6) is 5.75 Å². The van der Waals surface area contributed by atoms with E-state index in [2.05, 4.69) is 5.32 Å². The number of piperazine rings is 1. The lowest BCUT2D eigenvalue weighted by Gasteiger charge is -2.36. The monoisotopic (exact) mass is 371 g/mol. The van der Waals surface area contributed by atoms with Gasteiger partial charge in [0.05, 0.1) is 6.26 Å². The lowest BCUT2D eigenvalue weighted by molar-refractivity contribution is -0.143. The number of phenolic OH excluding ortho intramolecular Hbond substituents is 1. The molecule has 0 radical (unpaired) electrons. The third-order valence-electron chi connectivity index (χ3n) is 4.05. The molecular formula is C15H21N3O6S. The molecule has 1 fully saturated rings. The molecule has 1 aliphatic heterocycles. The number of phenols is 1. The number of nitrogens with one attached hydrogen (secondary N) is 1. The summed E-state index contributed by atoms with van der Waals surface area (Å²) >= 11 is 0. The summed E-state index contributed by atoms with van der Waals surface area (Å²) < 4.78 is 24.3. The molecule has 10 heteroatoms. The maximum atomic E-state index is 12.1. The Morgan fingerprint density at radius 2 is 1.72 bits per heavy atom. The Hall–Kier alpha value is -2.17. The number of carbonyl (C=O) groups is 2. The van der Waals surface area contributed by atoms with Crippen LogP contribution in [0.25, 0.3) is 0 Å². The van der Waals surface area contributed by atoms with Crippen molar-refractivity contribution >= 4 is 21.9 Å². The van der Waals surface area contributed by atoms with Crippen LogP contribution in [0.3, 0.4) is 0 Å². The minimum atomic E-state index is -3.29. The average molecular weight is 371 g/mol. The van der Waals surface area contributed by atoms with Gasteiger partial charge in [0.15, 0.2) is 0 Å². The maximum Gasteiger partial charge on any atom is 0.322 e. The SMILES string of the molecule is CS(=O)(=O)N1CCN(C(CNC(=O)c2ccc(O)cc2)C(=O)O)CC1. The number of carboxylic acid groups (broad SMARTS) is 1. The molecule has 1 aromatic rings. The molecular weight excluding hydrogens is 350 g/mol. The second-order valence-corrected chi connectivity index (χ2v) is 7.79. The third-order valence-corrected chi connectivity index (χ3v) is 5.36. The number of aliphatic carboxylic acids is 1. The summed E-state index contributed by atoms with van der Waals surface area (Å²) in [7, 11) is -3.29. The predicted octanol–water partition coefficient (Wildman–Crippen LogP) is -0.848. The number of hydrogen-bond donors (Lipinski definition) is 3. The van der Waals surface area contributed by atoms with Gasteiger partial charge in [-0.25, -0.2) is 8.42 Å². The molecule has 3 N–H and O–H groups in total. The molecule has 9 nitrogen and oxygen atoms in total. The molecule has 25 heavy (non-hydrogen) atoms. The molecule has 2 rings (SSSR count). The molecule has 1 atom stereocenters. The van der Waals surface area contributed by atoms with Gasteiger partial charge in [-0.1, -0.05) is 0 Å². The van der Waals surface area contributed by atoms with E-state index in [-0.39, 0.29) is 38.5 Å². The van der Waals surface area contributed by atoms with Crippen LogP contribution in [0.1, 0.15) is 10.4 Å². The fourth-order valence-electron chi connectivity index (χ4n) is 2.62. The second kappa shape index (κ2) is 7.81. The molecule has 1 aromatic carbocycles. The van der Waals surface area contributed by atoms with Crippen LogP contribution in [0.4, 0.5) is 0 Å². The highest BCUT2D eigenvalue weighted by Crippen LogP contribution is 2.11. The molecule has 1 saturated heterocycles. The molecule has 0 aliphatic carbocycles. The number of carboxylic acids is 1. The van der Waals surface area contributed by atoms with Crippen LogP contribution in [-0.2, 0) is 14.8 Å². The summed E-state index contributed by atoms with van der Waals surface area (Å²) in [6.07, 6.45) is 1.12. The first-order valence-electron chi connectivity index (χ1n) is 7.67. The number of aromatic hydroxyl groups is 1. The summed E-state index contributed by atoms with van der Waals surface area (Å²) in [4.78, 5) is 25.2. The van der Waals surface area contributed by atoms with Gasteiger partial charge in [-0.05, 0) is 24.3 Å². The van der Waals surface area contributed by atoms with E-state index in [1.807, 2.05) is 0 Å². The van der Waals surface area contributed by atoms with Gasteiger partial charge in [0.25, 0.3) is 5.91 Å². The van der Waals surface area contributed by atoms with E-state index in [0.29, 0.717) is 5.56 Å². The summed E-state index contributed by atoms with van der Waals surface area (Å²) in [5, 5.41) is 21.2. The summed E-state index contributed by atoms with van der Waals surface area (Å²) in [6, 6.07) is 4.67.